The van der Waals surface area contributed by atoms with Crippen LogP contribution in [0.1, 0.15) is 6.42 Å². The van der Waals surface area contributed by atoms with E-state index in [0.717, 1.165) is 16.4 Å². The first-order valence-corrected chi connectivity index (χ1v) is 6.96. The van der Waals surface area contributed by atoms with Gasteiger partial charge in [-0.1, -0.05) is 0 Å². The van der Waals surface area contributed by atoms with Crippen LogP contribution < -0.4 is 5.73 Å². The molecule has 2 N–H and O–H groups in total. The van der Waals surface area contributed by atoms with Crippen LogP contribution in [0.15, 0.2) is 23.1 Å². The number of nitrogens with two attached hydrogens (primary N) is 1. The third-order valence-corrected chi connectivity index (χ3v) is 4.80. The van der Waals surface area contributed by atoms with E-state index < -0.39 is 26.5 Å². The number of hydrogen-bond donors (Lipinski definition) is 1. The van der Waals surface area contributed by atoms with Crippen LogP contribution in [0.3, 0.4) is 0 Å². The van der Waals surface area contributed by atoms with Crippen LogP contribution in [0.4, 0.5) is 10.1 Å². The summed E-state index contributed by atoms with van der Waals surface area (Å²) in [7, 11) is -3.85. The standard InChI is InChI=1S/C10H12FN3O4S/c11-9-5-8(1-2-10(9)14(15)16)19(17,18)13-4-3-7(12)6-13/h1-2,5,7H,3-4,6,12H2/t7-/m1/s1. The Morgan fingerprint density at radius 3 is 2.63 bits per heavy atom. The number of halogens is 1. The van der Waals surface area contributed by atoms with E-state index in [-0.39, 0.29) is 24.0 Å². The summed E-state index contributed by atoms with van der Waals surface area (Å²) >= 11 is 0. The van der Waals surface area contributed by atoms with Gasteiger partial charge < -0.3 is 5.73 Å². The lowest BCUT2D eigenvalue weighted by Gasteiger charge is -2.15. The predicted octanol–water partition coefficient (Wildman–Crippen LogP) is 0.456. The topological polar surface area (TPSA) is 107 Å². The Bertz CT molecular complexity index is 619. The minimum Gasteiger partial charge on any atom is -0.326 e. The Morgan fingerprint density at radius 2 is 2.16 bits per heavy atom. The fourth-order valence-corrected chi connectivity index (χ4v) is 3.44. The second-order valence-electron chi connectivity index (χ2n) is 4.28. The fourth-order valence-electron chi connectivity index (χ4n) is 1.92. The minimum atomic E-state index is -3.85. The molecule has 0 radical (unpaired) electrons. The third-order valence-electron chi connectivity index (χ3n) is 2.94. The second-order valence-corrected chi connectivity index (χ2v) is 6.22. The highest BCUT2D eigenvalue weighted by molar-refractivity contribution is 7.89. The molecule has 2 rings (SSSR count). The van der Waals surface area contributed by atoms with Gasteiger partial charge in [0.1, 0.15) is 0 Å². The van der Waals surface area contributed by atoms with Crippen molar-refractivity contribution in [2.75, 3.05) is 13.1 Å². The zero-order chi connectivity index (χ0) is 14.2. The molecule has 1 aliphatic rings. The van der Waals surface area contributed by atoms with Gasteiger partial charge in [0.2, 0.25) is 15.8 Å². The molecule has 1 heterocycles. The van der Waals surface area contributed by atoms with Crippen LogP contribution in [0, 0.1) is 15.9 Å². The van der Waals surface area contributed by atoms with Crippen molar-refractivity contribution in [3.8, 4) is 0 Å². The van der Waals surface area contributed by atoms with Gasteiger partial charge in [0.25, 0.3) is 0 Å². The van der Waals surface area contributed by atoms with Crippen molar-refractivity contribution in [1.29, 1.82) is 0 Å². The van der Waals surface area contributed by atoms with Crippen molar-refractivity contribution in [3.63, 3.8) is 0 Å². The molecule has 0 spiro atoms. The van der Waals surface area contributed by atoms with Gasteiger partial charge in [-0.15, -0.1) is 0 Å². The SMILES string of the molecule is N[C@@H]1CCN(S(=O)(=O)c2ccc([N+](=O)[O-])c(F)c2)C1. The molecule has 1 aromatic carbocycles. The first kappa shape index (κ1) is 13.8. The number of hydrogen-bond acceptors (Lipinski definition) is 5. The zero-order valence-electron chi connectivity index (χ0n) is 9.82. The summed E-state index contributed by atoms with van der Waals surface area (Å²) in [5.41, 5.74) is 4.87. The summed E-state index contributed by atoms with van der Waals surface area (Å²) in [5, 5.41) is 10.5. The summed E-state index contributed by atoms with van der Waals surface area (Å²) in [4.78, 5) is 9.26. The summed E-state index contributed by atoms with van der Waals surface area (Å²) in [6.07, 6.45) is 0.536. The van der Waals surface area contributed by atoms with Crippen LogP contribution >= 0.6 is 0 Å². The summed E-state index contributed by atoms with van der Waals surface area (Å²) in [5.74, 6) is -1.17. The maximum Gasteiger partial charge on any atom is 0.304 e. The van der Waals surface area contributed by atoms with E-state index in [9.17, 15) is 22.9 Å². The largest absolute Gasteiger partial charge is 0.326 e. The molecular formula is C10H12FN3O4S. The molecule has 1 atom stereocenters. The Kier molecular flexibility index (Phi) is 3.52. The van der Waals surface area contributed by atoms with Gasteiger partial charge in [0.15, 0.2) is 0 Å². The maximum atomic E-state index is 13.4. The summed E-state index contributed by atoms with van der Waals surface area (Å²) in [6.45, 7) is 0.434. The molecule has 104 valence electrons. The molecule has 0 aromatic heterocycles. The van der Waals surface area contributed by atoms with Crippen LogP contribution in [0.25, 0.3) is 0 Å². The number of benzene rings is 1. The van der Waals surface area contributed by atoms with E-state index in [0.29, 0.717) is 12.5 Å². The lowest BCUT2D eigenvalue weighted by atomic mass is 10.3. The molecule has 1 fully saturated rings. The molecule has 9 heteroatoms. The number of sulfonamides is 1. The molecule has 19 heavy (non-hydrogen) atoms. The van der Waals surface area contributed by atoms with Gasteiger partial charge in [0, 0.05) is 31.3 Å². The average Bonchev–Trinajstić information content (AvgIpc) is 2.76. The van der Waals surface area contributed by atoms with E-state index in [4.69, 9.17) is 5.73 Å². The molecule has 1 saturated heterocycles. The molecule has 0 aliphatic carbocycles. The number of nitrogens with zero attached hydrogens (tertiary/aromatic N) is 2. The highest BCUT2D eigenvalue weighted by atomic mass is 32.2. The Labute approximate surface area is 109 Å². The van der Waals surface area contributed by atoms with E-state index in [1.807, 2.05) is 0 Å². The van der Waals surface area contributed by atoms with Gasteiger partial charge in [-0.05, 0) is 12.5 Å². The van der Waals surface area contributed by atoms with Gasteiger partial charge in [-0.25, -0.2) is 8.42 Å². The van der Waals surface area contributed by atoms with E-state index in [1.54, 1.807) is 0 Å². The lowest BCUT2D eigenvalue weighted by molar-refractivity contribution is -0.387. The summed E-state index contributed by atoms with van der Waals surface area (Å²) < 4.78 is 38.9. The van der Waals surface area contributed by atoms with E-state index in [1.165, 1.54) is 0 Å². The van der Waals surface area contributed by atoms with Crippen molar-refractivity contribution >= 4 is 15.7 Å². The fraction of sp³-hybridized carbons (Fsp3) is 0.400. The monoisotopic (exact) mass is 289 g/mol. The Morgan fingerprint density at radius 1 is 1.47 bits per heavy atom. The first-order chi connectivity index (χ1) is 8.82. The molecule has 0 saturated carbocycles. The number of rotatable bonds is 3. The zero-order valence-corrected chi connectivity index (χ0v) is 10.6. The van der Waals surface area contributed by atoms with Gasteiger partial charge in [-0.2, -0.15) is 8.70 Å². The Balaban J connectivity index is 2.36. The van der Waals surface area contributed by atoms with Crippen molar-refractivity contribution < 1.29 is 17.7 Å². The summed E-state index contributed by atoms with van der Waals surface area (Å²) in [6, 6.07) is 2.30. The van der Waals surface area contributed by atoms with Crippen LogP contribution in [-0.4, -0.2) is 36.8 Å². The number of nitro benzene ring substituents is 1. The van der Waals surface area contributed by atoms with Crippen LogP contribution in [-0.2, 0) is 10.0 Å². The normalized spacial score (nSPS) is 20.6. The number of nitro groups is 1. The van der Waals surface area contributed by atoms with E-state index in [2.05, 4.69) is 0 Å². The molecule has 0 amide bonds. The van der Waals surface area contributed by atoms with Crippen molar-refractivity contribution in [2.45, 2.75) is 17.4 Å². The van der Waals surface area contributed by atoms with Crippen LogP contribution in [0.5, 0.6) is 0 Å². The van der Waals surface area contributed by atoms with Crippen molar-refractivity contribution in [3.05, 3.63) is 34.1 Å². The molecule has 0 bridgehead atoms. The van der Waals surface area contributed by atoms with Crippen molar-refractivity contribution in [1.82, 2.24) is 4.31 Å². The van der Waals surface area contributed by atoms with Gasteiger partial charge in [0.05, 0.1) is 9.82 Å². The van der Waals surface area contributed by atoms with Crippen LogP contribution in [0.2, 0.25) is 0 Å². The Hall–Kier alpha value is -1.58. The quantitative estimate of drug-likeness (QED) is 0.642. The van der Waals surface area contributed by atoms with Gasteiger partial charge in [-0.3, -0.25) is 10.1 Å². The minimum absolute atomic E-state index is 0.168. The molecule has 1 aromatic rings. The molecule has 7 nitrogen and oxygen atoms in total. The second kappa shape index (κ2) is 4.83. The molecule has 1 aliphatic heterocycles. The lowest BCUT2D eigenvalue weighted by Crippen LogP contribution is -2.32. The third kappa shape index (κ3) is 2.57. The smallest absolute Gasteiger partial charge is 0.304 e. The molecule has 0 unspecified atom stereocenters. The predicted molar refractivity (Wildman–Crippen MR) is 64.4 cm³/mol. The average molecular weight is 289 g/mol. The van der Waals surface area contributed by atoms with E-state index >= 15 is 0 Å². The maximum absolute atomic E-state index is 13.4. The van der Waals surface area contributed by atoms with Gasteiger partial charge >= 0.3 is 5.69 Å². The first-order valence-electron chi connectivity index (χ1n) is 5.52. The molecular weight excluding hydrogens is 277 g/mol. The van der Waals surface area contributed by atoms with Crippen molar-refractivity contribution in [2.24, 2.45) is 5.73 Å². The highest BCUT2D eigenvalue weighted by Gasteiger charge is 2.32. The highest BCUT2D eigenvalue weighted by Crippen LogP contribution is 2.25.